The lowest BCUT2D eigenvalue weighted by molar-refractivity contribution is -0.125. The fraction of sp³-hybridized carbons (Fsp3) is 0.286. The predicted octanol–water partition coefficient (Wildman–Crippen LogP) is 1.47. The molecule has 2 aromatic rings. The summed E-state index contributed by atoms with van der Waals surface area (Å²) < 4.78 is 0. The summed E-state index contributed by atoms with van der Waals surface area (Å²) in [7, 11) is 0. The smallest absolute Gasteiger partial charge is 0.258 e. The third kappa shape index (κ3) is 2.54. The first-order valence-electron chi connectivity index (χ1n) is 6.55. The summed E-state index contributed by atoms with van der Waals surface area (Å²) >= 11 is 5.78. The lowest BCUT2D eigenvalue weighted by Crippen LogP contribution is -2.27. The van der Waals surface area contributed by atoms with Gasteiger partial charge >= 0.3 is 0 Å². The SMILES string of the molecule is C=CC(=O)N1CCC(c2nc3cnc(Cl)cc3c(=O)[nH]2)C1. The standard InChI is InChI=1S/C14H13ClN4O2/c1-2-12(20)19-4-3-8(7-19)13-17-10-6-16-11(15)5-9(10)14(21)18-13/h2,5-6,8H,1,3-4,7H2,(H,17,18,21). The topological polar surface area (TPSA) is 79.0 Å². The molecule has 1 aliphatic rings. The number of carbonyl (C=O) groups is 1. The molecule has 6 nitrogen and oxygen atoms in total. The fourth-order valence-electron chi connectivity index (χ4n) is 2.54. The average molecular weight is 305 g/mol. The molecule has 1 atom stereocenters. The maximum absolute atomic E-state index is 12.1. The van der Waals surface area contributed by atoms with E-state index < -0.39 is 0 Å². The van der Waals surface area contributed by atoms with Crippen LogP contribution in [0.1, 0.15) is 18.2 Å². The number of fused-ring (bicyclic) bond motifs is 1. The number of likely N-dealkylation sites (tertiary alicyclic amines) is 1. The Hall–Kier alpha value is -2.21. The van der Waals surface area contributed by atoms with Gasteiger partial charge in [0.15, 0.2) is 0 Å². The molecular weight excluding hydrogens is 292 g/mol. The molecule has 0 radical (unpaired) electrons. The van der Waals surface area contributed by atoms with Gasteiger partial charge < -0.3 is 9.88 Å². The van der Waals surface area contributed by atoms with E-state index in [4.69, 9.17) is 11.6 Å². The van der Waals surface area contributed by atoms with Gasteiger partial charge in [-0.15, -0.1) is 0 Å². The van der Waals surface area contributed by atoms with Crippen LogP contribution in [0.4, 0.5) is 0 Å². The van der Waals surface area contributed by atoms with Crippen molar-refractivity contribution < 1.29 is 4.79 Å². The highest BCUT2D eigenvalue weighted by atomic mass is 35.5. The molecule has 0 aromatic carbocycles. The Morgan fingerprint density at radius 3 is 3.14 bits per heavy atom. The van der Waals surface area contributed by atoms with Gasteiger partial charge in [0.2, 0.25) is 5.91 Å². The second kappa shape index (κ2) is 5.29. The quantitative estimate of drug-likeness (QED) is 0.673. The van der Waals surface area contributed by atoms with Crippen molar-refractivity contribution in [2.24, 2.45) is 0 Å². The monoisotopic (exact) mass is 304 g/mol. The highest BCUT2D eigenvalue weighted by Crippen LogP contribution is 2.25. The van der Waals surface area contributed by atoms with Crippen LogP contribution in [0, 0.1) is 0 Å². The van der Waals surface area contributed by atoms with E-state index >= 15 is 0 Å². The number of amides is 1. The van der Waals surface area contributed by atoms with Crippen LogP contribution in [0.15, 0.2) is 29.7 Å². The van der Waals surface area contributed by atoms with Gasteiger partial charge in [0.1, 0.15) is 11.0 Å². The zero-order valence-electron chi connectivity index (χ0n) is 11.2. The molecule has 3 heterocycles. The molecule has 1 N–H and O–H groups in total. The van der Waals surface area contributed by atoms with Gasteiger partial charge in [0.05, 0.1) is 17.1 Å². The Labute approximate surface area is 125 Å². The predicted molar refractivity (Wildman–Crippen MR) is 79.3 cm³/mol. The minimum atomic E-state index is -0.243. The van der Waals surface area contributed by atoms with Crippen molar-refractivity contribution in [3.05, 3.63) is 46.2 Å². The Balaban J connectivity index is 1.95. The van der Waals surface area contributed by atoms with E-state index in [2.05, 4.69) is 21.5 Å². The third-order valence-corrected chi connectivity index (χ3v) is 3.84. The minimum absolute atomic E-state index is 0.0154. The van der Waals surface area contributed by atoms with Crippen molar-refractivity contribution in [3.63, 3.8) is 0 Å². The Morgan fingerprint density at radius 2 is 2.38 bits per heavy atom. The number of H-pyrrole nitrogens is 1. The number of nitrogens with one attached hydrogen (secondary N) is 1. The largest absolute Gasteiger partial charge is 0.338 e. The van der Waals surface area contributed by atoms with Gasteiger partial charge in [-0.25, -0.2) is 9.97 Å². The van der Waals surface area contributed by atoms with E-state index in [0.717, 1.165) is 6.42 Å². The van der Waals surface area contributed by atoms with Crippen LogP contribution in [-0.4, -0.2) is 38.8 Å². The number of carbonyl (C=O) groups excluding carboxylic acids is 1. The summed E-state index contributed by atoms with van der Waals surface area (Å²) in [5.74, 6) is 0.492. The van der Waals surface area contributed by atoms with Crippen molar-refractivity contribution in [2.45, 2.75) is 12.3 Å². The van der Waals surface area contributed by atoms with E-state index in [1.807, 2.05) is 0 Å². The molecule has 0 saturated carbocycles. The molecule has 7 heteroatoms. The highest BCUT2D eigenvalue weighted by Gasteiger charge is 2.28. The molecule has 1 amide bonds. The summed E-state index contributed by atoms with van der Waals surface area (Å²) in [6.45, 7) is 4.64. The van der Waals surface area contributed by atoms with Crippen molar-refractivity contribution in [2.75, 3.05) is 13.1 Å². The molecule has 108 valence electrons. The van der Waals surface area contributed by atoms with Gasteiger partial charge in [-0.1, -0.05) is 18.2 Å². The number of rotatable bonds is 2. The molecule has 3 rings (SSSR count). The van der Waals surface area contributed by atoms with Gasteiger partial charge in [0, 0.05) is 19.0 Å². The molecule has 1 saturated heterocycles. The first-order valence-corrected chi connectivity index (χ1v) is 6.93. The highest BCUT2D eigenvalue weighted by molar-refractivity contribution is 6.30. The van der Waals surface area contributed by atoms with E-state index in [1.54, 1.807) is 4.90 Å². The van der Waals surface area contributed by atoms with Crippen molar-refractivity contribution in [1.82, 2.24) is 19.9 Å². The normalized spacial score (nSPS) is 18.1. The lowest BCUT2D eigenvalue weighted by Gasteiger charge is -2.14. The number of aromatic nitrogens is 3. The van der Waals surface area contributed by atoms with Gasteiger partial charge in [0.25, 0.3) is 5.56 Å². The van der Waals surface area contributed by atoms with E-state index in [-0.39, 0.29) is 22.5 Å². The maximum Gasteiger partial charge on any atom is 0.258 e. The molecule has 0 aliphatic carbocycles. The second-order valence-corrected chi connectivity index (χ2v) is 5.34. The molecule has 21 heavy (non-hydrogen) atoms. The van der Waals surface area contributed by atoms with Crippen LogP contribution in [0.2, 0.25) is 5.15 Å². The van der Waals surface area contributed by atoms with Crippen LogP contribution in [0.3, 0.4) is 0 Å². The number of hydrogen-bond donors (Lipinski definition) is 1. The van der Waals surface area contributed by atoms with Crippen molar-refractivity contribution in [3.8, 4) is 0 Å². The molecule has 0 bridgehead atoms. The number of aromatic amines is 1. The van der Waals surface area contributed by atoms with Crippen molar-refractivity contribution >= 4 is 28.4 Å². The van der Waals surface area contributed by atoms with Crippen LogP contribution < -0.4 is 5.56 Å². The Kier molecular flexibility index (Phi) is 3.47. The molecule has 0 spiro atoms. The Morgan fingerprint density at radius 1 is 1.57 bits per heavy atom. The number of nitrogens with zero attached hydrogens (tertiary/aromatic N) is 3. The van der Waals surface area contributed by atoms with E-state index in [0.29, 0.717) is 29.8 Å². The van der Waals surface area contributed by atoms with Crippen molar-refractivity contribution in [1.29, 1.82) is 0 Å². The zero-order valence-corrected chi connectivity index (χ0v) is 11.9. The number of halogens is 1. The third-order valence-electron chi connectivity index (χ3n) is 3.64. The summed E-state index contributed by atoms with van der Waals surface area (Å²) in [5.41, 5.74) is 0.263. The molecule has 1 unspecified atom stereocenters. The number of pyridine rings is 1. The van der Waals surface area contributed by atoms with Gasteiger partial charge in [-0.2, -0.15) is 0 Å². The minimum Gasteiger partial charge on any atom is -0.338 e. The first-order chi connectivity index (χ1) is 10.1. The van der Waals surface area contributed by atoms with Crippen LogP contribution >= 0.6 is 11.6 Å². The second-order valence-electron chi connectivity index (χ2n) is 4.95. The summed E-state index contributed by atoms with van der Waals surface area (Å²) in [5, 5.41) is 0.668. The zero-order chi connectivity index (χ0) is 15.0. The van der Waals surface area contributed by atoms with Crippen LogP contribution in [-0.2, 0) is 4.79 Å². The summed E-state index contributed by atoms with van der Waals surface area (Å²) in [4.78, 5) is 36.6. The molecule has 1 aliphatic heterocycles. The van der Waals surface area contributed by atoms with E-state index in [1.165, 1.54) is 18.3 Å². The summed E-state index contributed by atoms with van der Waals surface area (Å²) in [6, 6.07) is 1.49. The molecule has 2 aromatic heterocycles. The lowest BCUT2D eigenvalue weighted by atomic mass is 10.1. The van der Waals surface area contributed by atoms with Gasteiger partial charge in [-0.05, 0) is 18.6 Å². The summed E-state index contributed by atoms with van der Waals surface area (Å²) in [6.07, 6.45) is 3.54. The van der Waals surface area contributed by atoms with Gasteiger partial charge in [-0.3, -0.25) is 9.59 Å². The molecular formula is C14H13ClN4O2. The Bertz CT molecular complexity index is 786. The molecule has 1 fully saturated rings. The van der Waals surface area contributed by atoms with Crippen LogP contribution in [0.5, 0.6) is 0 Å². The van der Waals surface area contributed by atoms with E-state index in [9.17, 15) is 9.59 Å². The fourth-order valence-corrected chi connectivity index (χ4v) is 2.70. The average Bonchev–Trinajstić information content (AvgIpc) is 2.97. The first kappa shape index (κ1) is 13.8. The number of hydrogen-bond acceptors (Lipinski definition) is 4. The maximum atomic E-state index is 12.1. The van der Waals surface area contributed by atoms with Crippen LogP contribution in [0.25, 0.3) is 10.9 Å².